The second-order valence-electron chi connectivity index (χ2n) is 6.25. The van der Waals surface area contributed by atoms with Crippen molar-refractivity contribution in [2.24, 2.45) is 5.92 Å². The molecule has 0 unspecified atom stereocenters. The van der Waals surface area contributed by atoms with Crippen LogP contribution >= 0.6 is 0 Å². The summed E-state index contributed by atoms with van der Waals surface area (Å²) in [7, 11) is 1.25. The Morgan fingerprint density at radius 1 is 1.19 bits per heavy atom. The highest BCUT2D eigenvalue weighted by atomic mass is 16.5. The highest BCUT2D eigenvalue weighted by Crippen LogP contribution is 2.09. The Hall–Kier alpha value is -2.61. The number of alkyl carbamates (subject to hydrolysis) is 1. The van der Waals surface area contributed by atoms with Crippen molar-refractivity contribution in [3.63, 3.8) is 0 Å². The molecule has 150 valence electrons. The van der Waals surface area contributed by atoms with Crippen molar-refractivity contribution in [2.45, 2.75) is 45.4 Å². The molecule has 0 spiro atoms. The zero-order chi connectivity index (χ0) is 20.2. The Morgan fingerprint density at radius 2 is 1.85 bits per heavy atom. The molecule has 1 aromatic carbocycles. The number of aliphatic hydroxyl groups excluding tert-OH is 1. The fourth-order valence-corrected chi connectivity index (χ4v) is 2.29. The van der Waals surface area contributed by atoms with Crippen molar-refractivity contribution in [2.75, 3.05) is 13.7 Å². The Morgan fingerprint density at radius 3 is 2.44 bits per heavy atom. The van der Waals surface area contributed by atoms with E-state index in [-0.39, 0.29) is 25.5 Å². The molecule has 0 bridgehead atoms. The van der Waals surface area contributed by atoms with Crippen LogP contribution < -0.4 is 10.6 Å². The summed E-state index contributed by atoms with van der Waals surface area (Å²) in [6.45, 7) is 3.68. The summed E-state index contributed by atoms with van der Waals surface area (Å²) < 4.78 is 9.71. The lowest BCUT2D eigenvalue weighted by Crippen LogP contribution is -2.47. The van der Waals surface area contributed by atoms with E-state index in [1.807, 2.05) is 44.2 Å². The first-order valence-electron chi connectivity index (χ1n) is 8.87. The van der Waals surface area contributed by atoms with Gasteiger partial charge in [0.25, 0.3) is 0 Å². The van der Waals surface area contributed by atoms with Gasteiger partial charge < -0.3 is 25.2 Å². The largest absolute Gasteiger partial charge is 0.467 e. The molecule has 2 amide bonds. The van der Waals surface area contributed by atoms with Gasteiger partial charge in [0.2, 0.25) is 5.91 Å². The van der Waals surface area contributed by atoms with Crippen molar-refractivity contribution < 1.29 is 29.0 Å². The number of methoxy groups -OCH3 is 1. The third kappa shape index (κ3) is 8.54. The van der Waals surface area contributed by atoms with Crippen LogP contribution in [0, 0.1) is 5.92 Å². The maximum atomic E-state index is 12.0. The molecule has 0 aliphatic rings. The average Bonchev–Trinajstić information content (AvgIpc) is 2.68. The van der Waals surface area contributed by atoms with Gasteiger partial charge in [-0.15, -0.1) is 0 Å². The Kier molecular flexibility index (Phi) is 9.89. The number of rotatable bonds is 10. The molecule has 0 fully saturated rings. The monoisotopic (exact) mass is 380 g/mol. The fourth-order valence-electron chi connectivity index (χ4n) is 2.29. The molecule has 1 aromatic rings. The van der Waals surface area contributed by atoms with Gasteiger partial charge in [0.15, 0.2) is 0 Å². The SMILES string of the molecule is CC[C@H](C)[C@@H](NC(=O)C[C@H](O)CNC(=O)OCc1ccccc1)C(=O)OC. The van der Waals surface area contributed by atoms with Crippen molar-refractivity contribution in [1.29, 1.82) is 0 Å². The molecular formula is C19H28N2O6. The van der Waals surface area contributed by atoms with Gasteiger partial charge in [-0.3, -0.25) is 4.79 Å². The predicted octanol–water partition coefficient (Wildman–Crippen LogP) is 1.37. The van der Waals surface area contributed by atoms with Crippen LogP contribution in [0.1, 0.15) is 32.3 Å². The first-order valence-corrected chi connectivity index (χ1v) is 8.87. The molecule has 0 saturated carbocycles. The highest BCUT2D eigenvalue weighted by molar-refractivity contribution is 5.84. The quantitative estimate of drug-likeness (QED) is 0.528. The first kappa shape index (κ1) is 22.4. The van der Waals surface area contributed by atoms with Crippen molar-refractivity contribution in [3.8, 4) is 0 Å². The lowest BCUT2D eigenvalue weighted by Gasteiger charge is -2.22. The molecule has 3 N–H and O–H groups in total. The predicted molar refractivity (Wildman–Crippen MR) is 98.7 cm³/mol. The van der Waals surface area contributed by atoms with Crippen LogP contribution in [0.25, 0.3) is 0 Å². The molecule has 8 nitrogen and oxygen atoms in total. The van der Waals surface area contributed by atoms with E-state index >= 15 is 0 Å². The second kappa shape index (κ2) is 11.9. The minimum absolute atomic E-state index is 0.107. The molecule has 0 aliphatic heterocycles. The van der Waals surface area contributed by atoms with E-state index in [0.717, 1.165) is 5.56 Å². The van der Waals surface area contributed by atoms with Crippen LogP contribution in [-0.4, -0.2) is 48.9 Å². The van der Waals surface area contributed by atoms with Crippen LogP contribution in [-0.2, 0) is 25.7 Å². The van der Waals surface area contributed by atoms with Gasteiger partial charge in [0.1, 0.15) is 12.6 Å². The van der Waals surface area contributed by atoms with E-state index in [4.69, 9.17) is 9.47 Å². The van der Waals surface area contributed by atoms with Crippen LogP contribution in [0.3, 0.4) is 0 Å². The lowest BCUT2D eigenvalue weighted by atomic mass is 9.99. The fraction of sp³-hybridized carbons (Fsp3) is 0.526. The maximum absolute atomic E-state index is 12.0. The molecule has 8 heteroatoms. The number of amides is 2. The topological polar surface area (TPSA) is 114 Å². The third-order valence-corrected chi connectivity index (χ3v) is 4.10. The minimum Gasteiger partial charge on any atom is -0.467 e. The van der Waals surface area contributed by atoms with Gasteiger partial charge >= 0.3 is 12.1 Å². The highest BCUT2D eigenvalue weighted by Gasteiger charge is 2.27. The zero-order valence-electron chi connectivity index (χ0n) is 15.9. The summed E-state index contributed by atoms with van der Waals surface area (Å²) in [5.41, 5.74) is 0.839. The Balaban J connectivity index is 2.35. The van der Waals surface area contributed by atoms with Gasteiger partial charge in [-0.2, -0.15) is 0 Å². The van der Waals surface area contributed by atoms with E-state index in [0.29, 0.717) is 6.42 Å². The summed E-state index contributed by atoms with van der Waals surface area (Å²) in [6.07, 6.45) is -1.38. The molecule has 0 aromatic heterocycles. The normalized spacial score (nSPS) is 13.8. The van der Waals surface area contributed by atoms with Gasteiger partial charge in [-0.25, -0.2) is 9.59 Å². The standard InChI is InChI=1S/C19H28N2O6/c1-4-13(2)17(18(24)26-3)21-16(23)10-15(22)11-20-19(25)27-12-14-8-6-5-7-9-14/h5-9,13,15,17,22H,4,10-12H2,1-3H3,(H,20,25)(H,21,23)/t13-,15-,17+/m0/s1. The van der Waals surface area contributed by atoms with E-state index < -0.39 is 30.1 Å². The van der Waals surface area contributed by atoms with Crippen molar-refractivity contribution >= 4 is 18.0 Å². The molecule has 27 heavy (non-hydrogen) atoms. The number of hydrogen-bond acceptors (Lipinski definition) is 6. The van der Waals surface area contributed by atoms with E-state index in [2.05, 4.69) is 10.6 Å². The molecule has 0 radical (unpaired) electrons. The van der Waals surface area contributed by atoms with Crippen LogP contribution in [0.5, 0.6) is 0 Å². The summed E-state index contributed by atoms with van der Waals surface area (Å²) in [4.78, 5) is 35.4. The summed E-state index contributed by atoms with van der Waals surface area (Å²) in [6, 6.07) is 8.39. The Bertz CT molecular complexity index is 607. The van der Waals surface area contributed by atoms with Gasteiger partial charge in [0.05, 0.1) is 19.6 Å². The van der Waals surface area contributed by atoms with Gasteiger partial charge in [-0.05, 0) is 11.5 Å². The second-order valence-corrected chi connectivity index (χ2v) is 6.25. The molecule has 1 rings (SSSR count). The molecule has 0 saturated heterocycles. The molecule has 3 atom stereocenters. The Labute approximate surface area is 159 Å². The summed E-state index contributed by atoms with van der Waals surface area (Å²) in [5.74, 6) is -1.14. The third-order valence-electron chi connectivity index (χ3n) is 4.10. The van der Waals surface area contributed by atoms with Crippen molar-refractivity contribution in [3.05, 3.63) is 35.9 Å². The minimum atomic E-state index is -1.11. The smallest absolute Gasteiger partial charge is 0.407 e. The maximum Gasteiger partial charge on any atom is 0.407 e. The number of benzene rings is 1. The van der Waals surface area contributed by atoms with E-state index in [1.54, 1.807) is 0 Å². The van der Waals surface area contributed by atoms with Crippen LogP contribution in [0.15, 0.2) is 30.3 Å². The van der Waals surface area contributed by atoms with Gasteiger partial charge in [0, 0.05) is 6.54 Å². The number of hydrogen-bond donors (Lipinski definition) is 3. The molecule has 0 heterocycles. The summed E-state index contributed by atoms with van der Waals surface area (Å²) in [5, 5.41) is 14.9. The number of carbonyl (C=O) groups excluding carboxylic acids is 3. The number of nitrogens with one attached hydrogen (secondary N) is 2. The van der Waals surface area contributed by atoms with Gasteiger partial charge in [-0.1, -0.05) is 50.6 Å². The summed E-state index contributed by atoms with van der Waals surface area (Å²) >= 11 is 0. The number of aliphatic hydroxyl groups is 1. The van der Waals surface area contributed by atoms with Crippen LogP contribution in [0.4, 0.5) is 4.79 Å². The van der Waals surface area contributed by atoms with E-state index in [9.17, 15) is 19.5 Å². The zero-order valence-corrected chi connectivity index (χ0v) is 15.9. The average molecular weight is 380 g/mol. The molecule has 0 aliphatic carbocycles. The number of ether oxygens (including phenoxy) is 2. The molecular weight excluding hydrogens is 352 g/mol. The van der Waals surface area contributed by atoms with Crippen LogP contribution in [0.2, 0.25) is 0 Å². The first-order chi connectivity index (χ1) is 12.9. The number of carbonyl (C=O) groups is 3. The number of esters is 1. The van der Waals surface area contributed by atoms with E-state index in [1.165, 1.54) is 7.11 Å². The van der Waals surface area contributed by atoms with Crippen molar-refractivity contribution in [1.82, 2.24) is 10.6 Å². The lowest BCUT2D eigenvalue weighted by molar-refractivity contribution is -0.146.